The quantitative estimate of drug-likeness (QED) is 0.408. The van der Waals surface area contributed by atoms with Gasteiger partial charge in [-0.2, -0.15) is 13.8 Å². The first kappa shape index (κ1) is 12.0. The van der Waals surface area contributed by atoms with Gasteiger partial charge in [-0.1, -0.05) is 5.92 Å². The van der Waals surface area contributed by atoms with Crippen LogP contribution in [0, 0.1) is 35.4 Å². The Labute approximate surface area is 98.5 Å². The zero-order valence-corrected chi connectivity index (χ0v) is 8.59. The van der Waals surface area contributed by atoms with Crippen LogP contribution in [0.3, 0.4) is 0 Å². The molecule has 3 nitrogen and oxygen atoms in total. The van der Waals surface area contributed by atoms with E-state index in [9.17, 15) is 17.6 Å². The van der Waals surface area contributed by atoms with Crippen LogP contribution in [0.2, 0.25) is 0 Å². The lowest BCUT2D eigenvalue weighted by molar-refractivity contribution is 0.404. The average molecular weight is 253 g/mol. The predicted octanol–water partition coefficient (Wildman–Crippen LogP) is 1.83. The summed E-state index contributed by atoms with van der Waals surface area (Å²) in [7, 11) is 0. The van der Waals surface area contributed by atoms with Gasteiger partial charge in [0.2, 0.25) is 0 Å². The topological polar surface area (TPSA) is 38.7 Å². The zero-order chi connectivity index (χ0) is 13.1. The average Bonchev–Trinajstić information content (AvgIpc) is 2.38. The van der Waals surface area contributed by atoms with Gasteiger partial charge in [-0.15, -0.1) is 0 Å². The zero-order valence-electron chi connectivity index (χ0n) is 8.59. The van der Waals surface area contributed by atoms with E-state index in [1.165, 1.54) is 18.6 Å². The monoisotopic (exact) mass is 253 g/mol. The summed E-state index contributed by atoms with van der Waals surface area (Å²) in [5.41, 5.74) is -0.931. The second-order valence-electron chi connectivity index (χ2n) is 3.04. The summed E-state index contributed by atoms with van der Waals surface area (Å²) in [6.07, 6.45) is 3.92. The first-order chi connectivity index (χ1) is 8.59. The summed E-state index contributed by atoms with van der Waals surface area (Å²) in [4.78, 5) is 9.79. The Bertz CT molecular complexity index is 621. The molecule has 2 heterocycles. The van der Waals surface area contributed by atoms with E-state index in [0.717, 1.165) is 0 Å². The van der Waals surface area contributed by atoms with Crippen molar-refractivity contribution in [3.8, 4) is 11.8 Å². The maximum atomic E-state index is 13.2. The molecule has 2 rings (SSSR count). The molecule has 2 aromatic heterocycles. The lowest BCUT2D eigenvalue weighted by Crippen LogP contribution is -2.03. The molecule has 0 bridgehead atoms. The molecule has 0 saturated heterocycles. The fourth-order valence-electron chi connectivity index (χ4n) is 1.09. The maximum absolute atomic E-state index is 13.2. The van der Waals surface area contributed by atoms with E-state index in [2.05, 4.69) is 20.9 Å². The highest BCUT2D eigenvalue weighted by Crippen LogP contribution is 2.15. The Morgan fingerprint density at radius 3 is 2.11 bits per heavy atom. The molecule has 0 aliphatic rings. The molecular formula is C11H3F4N3. The van der Waals surface area contributed by atoms with Crippen LogP contribution >= 0.6 is 0 Å². The SMILES string of the molecule is Fc1nc(F)c(F)c(C#Cc2cnccn2)c1F. The fraction of sp³-hybridized carbons (Fsp3) is 0. The van der Waals surface area contributed by atoms with E-state index in [1.54, 1.807) is 0 Å². The third-order valence-electron chi connectivity index (χ3n) is 1.88. The fourth-order valence-corrected chi connectivity index (χ4v) is 1.09. The van der Waals surface area contributed by atoms with Crippen LogP contribution in [0.25, 0.3) is 0 Å². The highest BCUT2D eigenvalue weighted by Gasteiger charge is 2.18. The van der Waals surface area contributed by atoms with E-state index in [-0.39, 0.29) is 5.69 Å². The van der Waals surface area contributed by atoms with Crippen LogP contribution in [0.1, 0.15) is 11.3 Å². The van der Waals surface area contributed by atoms with Gasteiger partial charge in [0.15, 0.2) is 11.6 Å². The van der Waals surface area contributed by atoms with Crippen LogP contribution in [0.5, 0.6) is 0 Å². The summed E-state index contributed by atoms with van der Waals surface area (Å²) < 4.78 is 51.8. The van der Waals surface area contributed by atoms with E-state index < -0.39 is 29.1 Å². The number of halogens is 4. The minimum absolute atomic E-state index is 0.105. The Morgan fingerprint density at radius 2 is 1.56 bits per heavy atom. The van der Waals surface area contributed by atoms with E-state index >= 15 is 0 Å². The molecule has 0 unspecified atom stereocenters. The van der Waals surface area contributed by atoms with Gasteiger partial charge in [-0.05, 0) is 5.92 Å². The molecule has 0 spiro atoms. The molecule has 0 aromatic carbocycles. The van der Waals surface area contributed by atoms with Crippen LogP contribution in [-0.2, 0) is 0 Å². The lowest BCUT2D eigenvalue weighted by Gasteiger charge is -1.98. The molecule has 0 aliphatic carbocycles. The number of aromatic nitrogens is 3. The molecule has 0 N–H and O–H groups in total. The Kier molecular flexibility index (Phi) is 3.19. The normalized spacial score (nSPS) is 9.78. The highest BCUT2D eigenvalue weighted by molar-refractivity contribution is 5.40. The Morgan fingerprint density at radius 1 is 0.889 bits per heavy atom. The van der Waals surface area contributed by atoms with Crippen LogP contribution in [0.4, 0.5) is 17.6 Å². The number of nitrogens with zero attached hydrogens (tertiary/aromatic N) is 3. The van der Waals surface area contributed by atoms with Gasteiger partial charge in [-0.3, -0.25) is 4.98 Å². The molecular weight excluding hydrogens is 250 g/mol. The summed E-state index contributed by atoms with van der Waals surface area (Å²) in [6.45, 7) is 0. The molecule has 0 amide bonds. The predicted molar refractivity (Wildman–Crippen MR) is 52.1 cm³/mol. The summed E-state index contributed by atoms with van der Waals surface area (Å²) in [5.74, 6) is -2.61. The van der Waals surface area contributed by atoms with Crippen molar-refractivity contribution in [3.05, 3.63) is 53.4 Å². The molecule has 2 aromatic rings. The van der Waals surface area contributed by atoms with Crippen molar-refractivity contribution in [3.63, 3.8) is 0 Å². The van der Waals surface area contributed by atoms with Gasteiger partial charge in [-0.25, -0.2) is 13.8 Å². The smallest absolute Gasteiger partial charge is 0.253 e. The summed E-state index contributed by atoms with van der Waals surface area (Å²) in [5, 5.41) is 0. The van der Waals surface area contributed by atoms with Crippen molar-refractivity contribution in [1.29, 1.82) is 0 Å². The molecule has 90 valence electrons. The third-order valence-corrected chi connectivity index (χ3v) is 1.88. The Balaban J connectivity index is 2.51. The molecule has 0 radical (unpaired) electrons. The second kappa shape index (κ2) is 4.79. The summed E-state index contributed by atoms with van der Waals surface area (Å²) >= 11 is 0. The number of hydrogen-bond acceptors (Lipinski definition) is 3. The maximum Gasteiger partial charge on any atom is 0.253 e. The molecule has 7 heteroatoms. The number of hydrogen-bond donors (Lipinski definition) is 0. The van der Waals surface area contributed by atoms with Crippen LogP contribution in [-0.4, -0.2) is 15.0 Å². The van der Waals surface area contributed by atoms with Crippen molar-refractivity contribution in [2.24, 2.45) is 0 Å². The lowest BCUT2D eigenvalue weighted by atomic mass is 10.2. The first-order valence-electron chi connectivity index (χ1n) is 4.57. The third kappa shape index (κ3) is 2.27. The van der Waals surface area contributed by atoms with Crippen molar-refractivity contribution >= 4 is 0 Å². The Hall–Kier alpha value is -2.49. The van der Waals surface area contributed by atoms with Crippen molar-refractivity contribution < 1.29 is 17.6 Å². The van der Waals surface area contributed by atoms with Crippen molar-refractivity contribution in [1.82, 2.24) is 15.0 Å². The van der Waals surface area contributed by atoms with Crippen LogP contribution < -0.4 is 0 Å². The van der Waals surface area contributed by atoms with E-state index in [0.29, 0.717) is 0 Å². The van der Waals surface area contributed by atoms with E-state index in [4.69, 9.17) is 0 Å². The van der Waals surface area contributed by atoms with E-state index in [1.807, 2.05) is 5.92 Å². The standard InChI is InChI=1S/C11H3F4N3/c12-8-7(9(13)11(15)18-10(8)14)2-1-6-5-16-3-4-17-6/h3-5H. The molecule has 0 saturated carbocycles. The second-order valence-corrected chi connectivity index (χ2v) is 3.04. The minimum atomic E-state index is -1.75. The van der Waals surface area contributed by atoms with Crippen molar-refractivity contribution in [2.75, 3.05) is 0 Å². The van der Waals surface area contributed by atoms with Crippen LogP contribution in [0.15, 0.2) is 18.6 Å². The molecule has 0 fully saturated rings. The highest BCUT2D eigenvalue weighted by atomic mass is 19.2. The minimum Gasteiger partial charge on any atom is -0.260 e. The summed E-state index contributed by atoms with van der Waals surface area (Å²) in [6, 6.07) is 0. The number of rotatable bonds is 0. The molecule has 0 atom stereocenters. The van der Waals surface area contributed by atoms with Gasteiger partial charge in [0.1, 0.15) is 11.3 Å². The van der Waals surface area contributed by atoms with Gasteiger partial charge >= 0.3 is 0 Å². The van der Waals surface area contributed by atoms with Crippen molar-refractivity contribution in [2.45, 2.75) is 0 Å². The first-order valence-corrected chi connectivity index (χ1v) is 4.57. The molecule has 18 heavy (non-hydrogen) atoms. The number of pyridine rings is 1. The van der Waals surface area contributed by atoms with Gasteiger partial charge < -0.3 is 0 Å². The molecule has 0 aliphatic heterocycles. The van der Waals surface area contributed by atoms with Gasteiger partial charge in [0, 0.05) is 12.4 Å². The van der Waals surface area contributed by atoms with Gasteiger partial charge in [0.05, 0.1) is 6.20 Å². The largest absolute Gasteiger partial charge is 0.260 e. The van der Waals surface area contributed by atoms with Gasteiger partial charge in [0.25, 0.3) is 11.9 Å².